The van der Waals surface area contributed by atoms with E-state index < -0.39 is 0 Å². The Bertz CT molecular complexity index is 1110. The van der Waals surface area contributed by atoms with Crippen molar-refractivity contribution in [2.75, 3.05) is 12.0 Å². The van der Waals surface area contributed by atoms with Crippen molar-refractivity contribution in [3.05, 3.63) is 63.1 Å². The van der Waals surface area contributed by atoms with Crippen LogP contribution in [-0.2, 0) is 10.5 Å². The number of hydrogen-bond donors (Lipinski definition) is 0. The summed E-state index contributed by atoms with van der Waals surface area (Å²) in [7, 11) is 1.54. The predicted octanol–water partition coefficient (Wildman–Crippen LogP) is 4.78. The predicted molar refractivity (Wildman–Crippen MR) is 116 cm³/mol. The number of halogens is 1. The molecule has 4 rings (SSSR count). The molecule has 1 aromatic carbocycles. The Morgan fingerprint density at radius 2 is 2.21 bits per heavy atom. The molecular formula is C19H15ClN4O3S2. The second-order valence-electron chi connectivity index (χ2n) is 5.90. The molecule has 0 atom stereocenters. The molecule has 0 saturated heterocycles. The van der Waals surface area contributed by atoms with Crippen molar-refractivity contribution in [2.24, 2.45) is 4.99 Å². The third kappa shape index (κ3) is 4.21. The highest BCUT2D eigenvalue weighted by Gasteiger charge is 2.32. The second kappa shape index (κ2) is 8.40. The molecule has 2 aromatic heterocycles. The minimum absolute atomic E-state index is 0.233. The Kier molecular flexibility index (Phi) is 5.70. The molecule has 3 heterocycles. The molecule has 0 fully saturated rings. The van der Waals surface area contributed by atoms with Crippen LogP contribution in [-0.4, -0.2) is 28.4 Å². The molecule has 148 valence electrons. The number of nitrogens with zero attached hydrogens (tertiary/aromatic N) is 4. The van der Waals surface area contributed by atoms with Crippen molar-refractivity contribution in [3.8, 4) is 5.75 Å². The molecule has 1 amide bonds. The van der Waals surface area contributed by atoms with E-state index in [0.29, 0.717) is 44.9 Å². The molecule has 0 N–H and O–H groups in total. The first-order valence-electron chi connectivity index (χ1n) is 8.49. The van der Waals surface area contributed by atoms with E-state index in [4.69, 9.17) is 20.8 Å². The van der Waals surface area contributed by atoms with E-state index >= 15 is 0 Å². The number of hydrogen-bond acceptors (Lipinski definition) is 8. The SMILES string of the molecule is COc1ccc(N2C(=O)/C(=C\c3cccs3)N=C2SCc2nnc(C)o2)cc1Cl. The van der Waals surface area contributed by atoms with Gasteiger partial charge in [0, 0.05) is 11.8 Å². The van der Waals surface area contributed by atoms with E-state index in [1.165, 1.54) is 28.0 Å². The number of benzene rings is 1. The smallest absolute Gasteiger partial charge is 0.283 e. The highest BCUT2D eigenvalue weighted by molar-refractivity contribution is 8.13. The van der Waals surface area contributed by atoms with Gasteiger partial charge in [-0.1, -0.05) is 29.4 Å². The van der Waals surface area contributed by atoms with Gasteiger partial charge in [0.05, 0.1) is 23.6 Å². The summed E-state index contributed by atoms with van der Waals surface area (Å²) in [6, 6.07) is 9.02. The van der Waals surface area contributed by atoms with Crippen molar-refractivity contribution < 1.29 is 13.9 Å². The molecule has 1 aliphatic rings. The van der Waals surface area contributed by atoms with E-state index in [0.717, 1.165) is 4.88 Å². The van der Waals surface area contributed by atoms with E-state index in [9.17, 15) is 4.79 Å². The normalized spacial score (nSPS) is 15.3. The quantitative estimate of drug-likeness (QED) is 0.525. The molecule has 3 aromatic rings. The molecule has 7 nitrogen and oxygen atoms in total. The first-order chi connectivity index (χ1) is 14.0. The number of amidine groups is 1. The van der Waals surface area contributed by atoms with Gasteiger partial charge >= 0.3 is 0 Å². The number of ether oxygens (including phenoxy) is 1. The zero-order valence-electron chi connectivity index (χ0n) is 15.5. The summed E-state index contributed by atoms with van der Waals surface area (Å²) in [5, 5.41) is 10.7. The van der Waals surface area contributed by atoms with Crippen LogP contribution in [0.5, 0.6) is 5.75 Å². The highest BCUT2D eigenvalue weighted by Crippen LogP contribution is 2.35. The third-order valence-electron chi connectivity index (χ3n) is 3.94. The van der Waals surface area contributed by atoms with Crippen LogP contribution in [0, 0.1) is 6.92 Å². The minimum Gasteiger partial charge on any atom is -0.495 e. The van der Waals surface area contributed by atoms with Crippen LogP contribution in [0.4, 0.5) is 5.69 Å². The Morgan fingerprint density at radius 1 is 1.34 bits per heavy atom. The van der Waals surface area contributed by atoms with E-state index in [1.807, 2.05) is 17.5 Å². The van der Waals surface area contributed by atoms with Crippen LogP contribution in [0.2, 0.25) is 5.02 Å². The van der Waals surface area contributed by atoms with Gasteiger partial charge in [-0.15, -0.1) is 21.5 Å². The monoisotopic (exact) mass is 446 g/mol. The number of aromatic nitrogens is 2. The van der Waals surface area contributed by atoms with E-state index in [-0.39, 0.29) is 5.91 Å². The first-order valence-corrected chi connectivity index (χ1v) is 10.7. The largest absolute Gasteiger partial charge is 0.495 e. The number of carbonyl (C=O) groups is 1. The number of thiophene rings is 1. The number of thioether (sulfide) groups is 1. The molecule has 1 aliphatic heterocycles. The molecule has 0 aliphatic carbocycles. The van der Waals surface area contributed by atoms with Crippen molar-refractivity contribution >= 4 is 57.5 Å². The van der Waals surface area contributed by atoms with Gasteiger partial charge in [0.25, 0.3) is 5.91 Å². The van der Waals surface area contributed by atoms with E-state index in [2.05, 4.69) is 15.2 Å². The Balaban J connectivity index is 1.67. The van der Waals surface area contributed by atoms with Crippen molar-refractivity contribution in [3.63, 3.8) is 0 Å². The van der Waals surface area contributed by atoms with E-state index in [1.54, 1.807) is 38.3 Å². The first kappa shape index (κ1) is 19.7. The zero-order valence-corrected chi connectivity index (χ0v) is 17.8. The number of anilines is 1. The van der Waals surface area contributed by atoms with Gasteiger partial charge in [0.15, 0.2) is 5.17 Å². The number of carbonyl (C=O) groups excluding carboxylic acids is 1. The van der Waals surface area contributed by atoms with Gasteiger partial charge < -0.3 is 9.15 Å². The molecule has 0 saturated carbocycles. The lowest BCUT2D eigenvalue weighted by Gasteiger charge is -2.18. The molecule has 10 heteroatoms. The summed E-state index contributed by atoms with van der Waals surface area (Å²) < 4.78 is 10.6. The average Bonchev–Trinajstić information content (AvgIpc) is 3.42. The van der Waals surface area contributed by atoms with Crippen molar-refractivity contribution in [2.45, 2.75) is 12.7 Å². The maximum atomic E-state index is 13.1. The summed E-state index contributed by atoms with van der Waals surface area (Å²) in [5.41, 5.74) is 0.951. The Hall–Kier alpha value is -2.62. The molecule has 0 unspecified atom stereocenters. The van der Waals surface area contributed by atoms with Crippen molar-refractivity contribution in [1.82, 2.24) is 10.2 Å². The van der Waals surface area contributed by atoms with Gasteiger partial charge in [-0.2, -0.15) is 0 Å². The maximum absolute atomic E-state index is 13.1. The zero-order chi connectivity index (χ0) is 20.4. The molecule has 0 spiro atoms. The van der Waals surface area contributed by atoms with Gasteiger partial charge in [-0.3, -0.25) is 9.69 Å². The number of rotatable bonds is 5. The van der Waals surface area contributed by atoms with Crippen LogP contribution < -0.4 is 9.64 Å². The lowest BCUT2D eigenvalue weighted by molar-refractivity contribution is -0.113. The standard InChI is InChI=1S/C19H15ClN4O3S2/c1-11-22-23-17(27-11)10-29-19-21-15(9-13-4-3-7-28-13)18(25)24(19)12-5-6-16(26-2)14(20)8-12/h3-9H,10H2,1-2H3/b15-9+. The molecule has 0 radical (unpaired) electrons. The fraction of sp³-hybridized carbons (Fsp3) is 0.158. The van der Waals surface area contributed by atoms with Crippen LogP contribution in [0.15, 0.2) is 50.8 Å². The van der Waals surface area contributed by atoms with Gasteiger partial charge in [0.2, 0.25) is 11.8 Å². The average molecular weight is 447 g/mol. The highest BCUT2D eigenvalue weighted by atomic mass is 35.5. The number of aliphatic imine (C=N–C) groups is 1. The van der Waals surface area contributed by atoms with Crippen LogP contribution in [0.25, 0.3) is 6.08 Å². The Labute approximate surface area is 180 Å². The molecular weight excluding hydrogens is 432 g/mol. The maximum Gasteiger partial charge on any atom is 0.283 e. The minimum atomic E-state index is -0.233. The number of methoxy groups -OCH3 is 1. The second-order valence-corrected chi connectivity index (χ2v) is 8.23. The fourth-order valence-electron chi connectivity index (χ4n) is 2.65. The molecule has 0 bridgehead atoms. The summed E-state index contributed by atoms with van der Waals surface area (Å²) in [6.45, 7) is 1.73. The summed E-state index contributed by atoms with van der Waals surface area (Å²) in [5.74, 6) is 1.64. The van der Waals surface area contributed by atoms with Crippen LogP contribution in [0.1, 0.15) is 16.7 Å². The van der Waals surface area contributed by atoms with Crippen LogP contribution >= 0.6 is 34.7 Å². The lowest BCUT2D eigenvalue weighted by atomic mass is 10.2. The number of amides is 1. The van der Waals surface area contributed by atoms with Gasteiger partial charge in [0.1, 0.15) is 11.4 Å². The lowest BCUT2D eigenvalue weighted by Crippen LogP contribution is -2.30. The fourth-order valence-corrected chi connectivity index (χ4v) is 4.40. The topological polar surface area (TPSA) is 80.8 Å². The summed E-state index contributed by atoms with van der Waals surface area (Å²) in [4.78, 5) is 20.2. The van der Waals surface area contributed by atoms with Gasteiger partial charge in [-0.05, 0) is 35.7 Å². The molecule has 29 heavy (non-hydrogen) atoms. The third-order valence-corrected chi connectivity index (χ3v) is 5.98. The summed E-state index contributed by atoms with van der Waals surface area (Å²) in [6.07, 6.45) is 1.77. The van der Waals surface area contributed by atoms with Gasteiger partial charge in [-0.25, -0.2) is 4.99 Å². The van der Waals surface area contributed by atoms with Crippen molar-refractivity contribution in [1.29, 1.82) is 0 Å². The van der Waals surface area contributed by atoms with Crippen LogP contribution in [0.3, 0.4) is 0 Å². The Morgan fingerprint density at radius 3 is 2.86 bits per heavy atom. The number of aryl methyl sites for hydroxylation is 1. The summed E-state index contributed by atoms with van der Waals surface area (Å²) >= 11 is 9.15.